The zero-order valence-electron chi connectivity index (χ0n) is 10.9. The smallest absolute Gasteiger partial charge is 0.192 e. The van der Waals surface area contributed by atoms with Gasteiger partial charge in [0.15, 0.2) is 5.43 Å². The van der Waals surface area contributed by atoms with E-state index >= 15 is 0 Å². The Labute approximate surface area is 111 Å². The predicted molar refractivity (Wildman–Crippen MR) is 73.3 cm³/mol. The molecule has 0 bridgehead atoms. The molecule has 1 aromatic heterocycles. The fourth-order valence-corrected chi connectivity index (χ4v) is 2.88. The van der Waals surface area contributed by atoms with Gasteiger partial charge in [-0.05, 0) is 26.1 Å². The number of rotatable bonds is 1. The summed E-state index contributed by atoms with van der Waals surface area (Å²) in [6.07, 6.45) is 1.88. The Kier molecular flexibility index (Phi) is 3.12. The van der Waals surface area contributed by atoms with E-state index in [4.69, 9.17) is 4.42 Å². The molecule has 0 radical (unpaired) electrons. The number of hydrogen-bond acceptors (Lipinski definition) is 4. The first kappa shape index (κ1) is 12.4. The molecule has 4 nitrogen and oxygen atoms in total. The summed E-state index contributed by atoms with van der Waals surface area (Å²) in [5, 5.41) is 10.8. The Morgan fingerprint density at radius 1 is 1.37 bits per heavy atom. The largest absolute Gasteiger partial charge is 0.464 e. The number of hydrogen-bond donors (Lipinski definition) is 1. The van der Waals surface area contributed by atoms with Crippen molar-refractivity contribution in [2.45, 2.75) is 18.4 Å². The van der Waals surface area contributed by atoms with Crippen molar-refractivity contribution < 1.29 is 9.52 Å². The van der Waals surface area contributed by atoms with Gasteiger partial charge in [-0.2, -0.15) is 0 Å². The maximum Gasteiger partial charge on any atom is 0.192 e. The quantitative estimate of drug-likeness (QED) is 0.844. The van der Waals surface area contributed by atoms with Crippen LogP contribution in [0, 0.1) is 0 Å². The first-order valence-corrected chi connectivity index (χ1v) is 6.54. The Morgan fingerprint density at radius 3 is 3.00 bits per heavy atom. The van der Waals surface area contributed by atoms with Crippen LogP contribution in [0.2, 0.25) is 0 Å². The third-order valence-corrected chi connectivity index (χ3v) is 3.90. The number of benzene rings is 1. The van der Waals surface area contributed by atoms with Crippen molar-refractivity contribution in [3.63, 3.8) is 0 Å². The van der Waals surface area contributed by atoms with E-state index in [2.05, 4.69) is 4.90 Å². The molecule has 0 spiro atoms. The van der Waals surface area contributed by atoms with E-state index in [1.54, 1.807) is 6.07 Å². The summed E-state index contributed by atoms with van der Waals surface area (Å²) in [7, 11) is 2.00. The van der Waals surface area contributed by atoms with E-state index in [1.807, 2.05) is 19.2 Å². The number of likely N-dealkylation sites (tertiary alicyclic amines) is 1. The molecular formula is C15H17NO3. The van der Waals surface area contributed by atoms with Crippen molar-refractivity contribution in [2.75, 3.05) is 20.1 Å². The Balaban J connectivity index is 2.10. The average molecular weight is 259 g/mol. The number of aliphatic hydroxyl groups excluding tert-OH is 1. The van der Waals surface area contributed by atoms with E-state index in [0.717, 1.165) is 18.5 Å². The molecule has 0 amide bonds. The highest BCUT2D eigenvalue weighted by atomic mass is 16.3. The second kappa shape index (κ2) is 4.79. The summed E-state index contributed by atoms with van der Waals surface area (Å²) < 4.78 is 5.53. The van der Waals surface area contributed by atoms with Crippen LogP contribution in [0.25, 0.3) is 11.0 Å². The van der Waals surface area contributed by atoms with Crippen LogP contribution in [-0.2, 0) is 0 Å². The zero-order chi connectivity index (χ0) is 13.4. The molecule has 4 heteroatoms. The van der Waals surface area contributed by atoms with Gasteiger partial charge in [-0.3, -0.25) is 4.79 Å². The van der Waals surface area contributed by atoms with Gasteiger partial charge in [0, 0.05) is 24.1 Å². The van der Waals surface area contributed by atoms with Gasteiger partial charge >= 0.3 is 0 Å². The molecule has 0 saturated carbocycles. The Bertz CT molecular complexity index is 649. The van der Waals surface area contributed by atoms with Crippen LogP contribution >= 0.6 is 0 Å². The normalized spacial score (nSPS) is 24.7. The van der Waals surface area contributed by atoms with Crippen LogP contribution in [0.3, 0.4) is 0 Å². The molecular weight excluding hydrogens is 242 g/mol. The van der Waals surface area contributed by atoms with Crippen LogP contribution in [0.5, 0.6) is 0 Å². The van der Waals surface area contributed by atoms with E-state index < -0.39 is 6.10 Å². The topological polar surface area (TPSA) is 53.7 Å². The summed E-state index contributed by atoms with van der Waals surface area (Å²) in [6, 6.07) is 7.01. The maximum atomic E-state index is 11.8. The van der Waals surface area contributed by atoms with Crippen molar-refractivity contribution in [1.29, 1.82) is 0 Å². The molecule has 1 N–H and O–H groups in total. The lowest BCUT2D eigenvalue weighted by atomic mass is 9.86. The van der Waals surface area contributed by atoms with E-state index in [1.165, 1.54) is 12.3 Å². The number of piperidine rings is 1. The van der Waals surface area contributed by atoms with Crippen LogP contribution in [0.1, 0.15) is 17.9 Å². The highest BCUT2D eigenvalue weighted by molar-refractivity contribution is 5.80. The molecule has 0 aliphatic carbocycles. The van der Waals surface area contributed by atoms with Crippen LogP contribution in [0.15, 0.2) is 39.7 Å². The lowest BCUT2D eigenvalue weighted by molar-refractivity contribution is 0.0639. The number of para-hydroxylation sites is 1. The third kappa shape index (κ3) is 2.17. The fourth-order valence-electron chi connectivity index (χ4n) is 2.88. The van der Waals surface area contributed by atoms with Gasteiger partial charge in [-0.25, -0.2) is 0 Å². The molecule has 1 aliphatic heterocycles. The Morgan fingerprint density at radius 2 is 2.21 bits per heavy atom. The number of fused-ring (bicyclic) bond motifs is 1. The predicted octanol–water partition coefficient (Wildman–Crippen LogP) is 1.57. The van der Waals surface area contributed by atoms with Crippen LogP contribution in [0.4, 0.5) is 0 Å². The van der Waals surface area contributed by atoms with E-state index in [9.17, 15) is 9.90 Å². The van der Waals surface area contributed by atoms with Gasteiger partial charge in [0.1, 0.15) is 5.58 Å². The molecule has 3 rings (SSSR count). The molecule has 0 unspecified atom stereocenters. The first-order chi connectivity index (χ1) is 9.16. The van der Waals surface area contributed by atoms with Crippen molar-refractivity contribution in [2.24, 2.45) is 0 Å². The van der Waals surface area contributed by atoms with Gasteiger partial charge in [0.2, 0.25) is 0 Å². The van der Waals surface area contributed by atoms with Gasteiger partial charge in [-0.1, -0.05) is 12.1 Å². The van der Waals surface area contributed by atoms with Gasteiger partial charge in [0.05, 0.1) is 17.8 Å². The second-order valence-electron chi connectivity index (χ2n) is 5.23. The Hall–Kier alpha value is -1.65. The SMILES string of the molecule is CN1CC[C@H](c2cccc3c(=O)ccoc23)[C@H](O)C1. The highest BCUT2D eigenvalue weighted by Crippen LogP contribution is 2.32. The summed E-state index contributed by atoms with van der Waals surface area (Å²) in [5.41, 5.74) is 1.52. The molecule has 19 heavy (non-hydrogen) atoms. The average Bonchev–Trinajstić information content (AvgIpc) is 2.39. The van der Waals surface area contributed by atoms with Crippen molar-refractivity contribution >= 4 is 11.0 Å². The third-order valence-electron chi connectivity index (χ3n) is 3.90. The molecule has 1 aromatic carbocycles. The molecule has 1 aliphatic rings. The minimum absolute atomic E-state index is 0.0328. The second-order valence-corrected chi connectivity index (χ2v) is 5.23. The molecule has 2 atom stereocenters. The minimum atomic E-state index is -0.421. The molecule has 2 aromatic rings. The number of likely N-dealkylation sites (N-methyl/N-ethyl adjacent to an activating group) is 1. The maximum absolute atomic E-state index is 11.8. The highest BCUT2D eigenvalue weighted by Gasteiger charge is 2.29. The van der Waals surface area contributed by atoms with E-state index in [-0.39, 0.29) is 11.3 Å². The summed E-state index contributed by atoms with van der Waals surface area (Å²) >= 11 is 0. The molecule has 2 heterocycles. The van der Waals surface area contributed by atoms with Gasteiger partial charge in [0.25, 0.3) is 0 Å². The van der Waals surface area contributed by atoms with Crippen molar-refractivity contribution in [3.05, 3.63) is 46.3 Å². The number of aliphatic hydroxyl groups is 1. The van der Waals surface area contributed by atoms with E-state index in [0.29, 0.717) is 17.5 Å². The lowest BCUT2D eigenvalue weighted by Gasteiger charge is -2.34. The zero-order valence-corrected chi connectivity index (χ0v) is 10.9. The standard InChI is InChI=1S/C15H17NO3/c1-16-7-5-10(14(18)9-16)11-3-2-4-12-13(17)6-8-19-15(11)12/h2-4,6,8,10,14,18H,5,7,9H2,1H3/t10-,14-/m1/s1. The number of β-amino-alcohol motifs (C(OH)–C–C–N with tert-alkyl or cyclic N) is 1. The first-order valence-electron chi connectivity index (χ1n) is 6.54. The number of nitrogens with zero attached hydrogens (tertiary/aromatic N) is 1. The van der Waals surface area contributed by atoms with Gasteiger partial charge in [-0.15, -0.1) is 0 Å². The monoisotopic (exact) mass is 259 g/mol. The fraction of sp³-hybridized carbons (Fsp3) is 0.400. The molecule has 1 fully saturated rings. The summed E-state index contributed by atoms with van der Waals surface area (Å²) in [6.45, 7) is 1.59. The van der Waals surface area contributed by atoms with Crippen molar-refractivity contribution in [3.8, 4) is 0 Å². The van der Waals surface area contributed by atoms with Gasteiger partial charge < -0.3 is 14.4 Å². The molecule has 100 valence electrons. The summed E-state index contributed by atoms with van der Waals surface area (Å²) in [4.78, 5) is 13.9. The van der Waals surface area contributed by atoms with Crippen molar-refractivity contribution in [1.82, 2.24) is 4.90 Å². The molecule has 1 saturated heterocycles. The summed E-state index contributed by atoms with van der Waals surface area (Å²) in [5.74, 6) is 0.0328. The van der Waals surface area contributed by atoms with Crippen LogP contribution < -0.4 is 5.43 Å². The van der Waals surface area contributed by atoms with Crippen LogP contribution in [-0.4, -0.2) is 36.2 Å². The minimum Gasteiger partial charge on any atom is -0.464 e. The lowest BCUT2D eigenvalue weighted by Crippen LogP contribution is -2.40.